The number of rotatable bonds is 4. The summed E-state index contributed by atoms with van der Waals surface area (Å²) in [5, 5.41) is 0.690. The third-order valence-corrected chi connectivity index (χ3v) is 3.72. The zero-order valence-electron chi connectivity index (χ0n) is 11.3. The van der Waals surface area contributed by atoms with Crippen molar-refractivity contribution in [3.05, 3.63) is 64.9 Å². The second kappa shape index (κ2) is 5.58. The van der Waals surface area contributed by atoms with E-state index in [1.807, 2.05) is 53.1 Å². The highest BCUT2D eigenvalue weighted by Crippen LogP contribution is 2.22. The number of benzene rings is 2. The summed E-state index contributed by atoms with van der Waals surface area (Å²) in [7, 11) is 0. The Balaban J connectivity index is 2.09. The smallest absolute Gasteiger partial charge is 0.237 e. The molecule has 0 fully saturated rings. The summed E-state index contributed by atoms with van der Waals surface area (Å²) in [6.45, 7) is 0.111. The minimum Gasteiger partial charge on any atom is -0.368 e. The molecule has 1 amide bonds. The zero-order valence-corrected chi connectivity index (χ0v) is 12.0. The van der Waals surface area contributed by atoms with Crippen LogP contribution in [-0.2, 0) is 17.8 Å². The molecule has 1 aromatic heterocycles. The standard InChI is InChI=1S/C16H14ClN3O/c17-12-6-2-1-5-11(12)9-16-19-13-7-3-4-8-14(13)20(16)10-15(18)21/h1-8H,9-10H2,(H2,18,21). The van der Waals surface area contributed by atoms with E-state index in [1.165, 1.54) is 0 Å². The molecule has 0 saturated heterocycles. The van der Waals surface area contributed by atoms with Crippen molar-refractivity contribution in [3.8, 4) is 0 Å². The van der Waals surface area contributed by atoms with Gasteiger partial charge in [0.2, 0.25) is 5.91 Å². The quantitative estimate of drug-likeness (QED) is 0.805. The first-order valence-electron chi connectivity index (χ1n) is 6.61. The molecule has 5 heteroatoms. The van der Waals surface area contributed by atoms with Crippen LogP contribution in [0.25, 0.3) is 11.0 Å². The van der Waals surface area contributed by atoms with E-state index >= 15 is 0 Å². The van der Waals surface area contributed by atoms with Crippen LogP contribution in [-0.4, -0.2) is 15.5 Å². The van der Waals surface area contributed by atoms with Gasteiger partial charge in [0.1, 0.15) is 12.4 Å². The van der Waals surface area contributed by atoms with Crippen LogP contribution >= 0.6 is 11.6 Å². The Morgan fingerprint density at radius 3 is 2.62 bits per heavy atom. The summed E-state index contributed by atoms with van der Waals surface area (Å²) in [5.74, 6) is 0.390. The van der Waals surface area contributed by atoms with Gasteiger partial charge in [-0.25, -0.2) is 4.98 Å². The summed E-state index contributed by atoms with van der Waals surface area (Å²) in [6.07, 6.45) is 0.557. The van der Waals surface area contributed by atoms with Crippen molar-refractivity contribution in [2.45, 2.75) is 13.0 Å². The number of halogens is 1. The molecular weight excluding hydrogens is 286 g/mol. The van der Waals surface area contributed by atoms with E-state index in [1.54, 1.807) is 0 Å². The summed E-state index contributed by atoms with van der Waals surface area (Å²) in [5.41, 5.74) is 8.07. The maximum absolute atomic E-state index is 11.3. The molecule has 0 aliphatic rings. The molecule has 106 valence electrons. The number of carbonyl (C=O) groups excluding carboxylic acids is 1. The number of carbonyl (C=O) groups is 1. The first kappa shape index (κ1) is 13.6. The summed E-state index contributed by atoms with van der Waals surface area (Å²) < 4.78 is 1.85. The molecule has 0 aliphatic heterocycles. The van der Waals surface area contributed by atoms with E-state index in [0.29, 0.717) is 11.4 Å². The second-order valence-corrected chi connectivity index (χ2v) is 5.24. The summed E-state index contributed by atoms with van der Waals surface area (Å²) >= 11 is 6.20. The van der Waals surface area contributed by atoms with Crippen LogP contribution in [0.15, 0.2) is 48.5 Å². The Kier molecular flexibility index (Phi) is 3.62. The van der Waals surface area contributed by atoms with Crippen LogP contribution in [0.1, 0.15) is 11.4 Å². The molecule has 1 heterocycles. The van der Waals surface area contributed by atoms with Crippen LogP contribution in [0.5, 0.6) is 0 Å². The number of fused-ring (bicyclic) bond motifs is 1. The Labute approximate surface area is 127 Å². The highest BCUT2D eigenvalue weighted by Gasteiger charge is 2.13. The number of hydrogen-bond donors (Lipinski definition) is 1. The van der Waals surface area contributed by atoms with Gasteiger partial charge in [0, 0.05) is 11.4 Å². The second-order valence-electron chi connectivity index (χ2n) is 4.84. The molecule has 0 atom stereocenters. The first-order valence-corrected chi connectivity index (χ1v) is 6.99. The van der Waals surface area contributed by atoms with Crippen molar-refractivity contribution >= 4 is 28.5 Å². The molecule has 0 radical (unpaired) electrons. The van der Waals surface area contributed by atoms with Crippen molar-refractivity contribution in [1.29, 1.82) is 0 Å². The fourth-order valence-corrected chi connectivity index (χ4v) is 2.61. The Morgan fingerprint density at radius 1 is 1.14 bits per heavy atom. The van der Waals surface area contributed by atoms with Gasteiger partial charge in [-0.2, -0.15) is 0 Å². The van der Waals surface area contributed by atoms with Gasteiger partial charge in [-0.1, -0.05) is 41.9 Å². The van der Waals surface area contributed by atoms with E-state index in [4.69, 9.17) is 17.3 Å². The maximum Gasteiger partial charge on any atom is 0.237 e. The average Bonchev–Trinajstić information content (AvgIpc) is 2.79. The van der Waals surface area contributed by atoms with Gasteiger partial charge < -0.3 is 10.3 Å². The number of para-hydroxylation sites is 2. The molecule has 3 aromatic rings. The lowest BCUT2D eigenvalue weighted by Gasteiger charge is -2.08. The third kappa shape index (κ3) is 2.76. The van der Waals surface area contributed by atoms with E-state index in [9.17, 15) is 4.79 Å². The van der Waals surface area contributed by atoms with E-state index in [-0.39, 0.29) is 6.54 Å². The Bertz CT molecular complexity index is 810. The van der Waals surface area contributed by atoms with Gasteiger partial charge in [-0.3, -0.25) is 4.79 Å². The molecule has 2 aromatic carbocycles. The predicted octanol–water partition coefficient (Wildman–Crippen LogP) is 2.77. The van der Waals surface area contributed by atoms with E-state index in [0.717, 1.165) is 22.4 Å². The molecule has 0 unspecified atom stereocenters. The van der Waals surface area contributed by atoms with Crippen LogP contribution in [0.3, 0.4) is 0 Å². The average molecular weight is 300 g/mol. The lowest BCUT2D eigenvalue weighted by atomic mass is 10.1. The normalized spacial score (nSPS) is 10.9. The summed E-state index contributed by atoms with van der Waals surface area (Å²) in [4.78, 5) is 15.9. The highest BCUT2D eigenvalue weighted by atomic mass is 35.5. The molecule has 21 heavy (non-hydrogen) atoms. The highest BCUT2D eigenvalue weighted by molar-refractivity contribution is 6.31. The van der Waals surface area contributed by atoms with Crippen LogP contribution < -0.4 is 5.73 Å². The van der Waals surface area contributed by atoms with Crippen molar-refractivity contribution in [2.75, 3.05) is 0 Å². The van der Waals surface area contributed by atoms with Crippen LogP contribution in [0.4, 0.5) is 0 Å². The monoisotopic (exact) mass is 299 g/mol. The van der Waals surface area contributed by atoms with E-state index in [2.05, 4.69) is 4.98 Å². The molecular formula is C16H14ClN3O. The topological polar surface area (TPSA) is 60.9 Å². The van der Waals surface area contributed by atoms with Gasteiger partial charge in [0.15, 0.2) is 0 Å². The molecule has 2 N–H and O–H groups in total. The number of aromatic nitrogens is 2. The molecule has 0 spiro atoms. The van der Waals surface area contributed by atoms with Crippen LogP contribution in [0.2, 0.25) is 5.02 Å². The van der Waals surface area contributed by atoms with Gasteiger partial charge >= 0.3 is 0 Å². The fraction of sp³-hybridized carbons (Fsp3) is 0.125. The number of amides is 1. The minimum absolute atomic E-state index is 0.111. The van der Waals surface area contributed by atoms with Crippen molar-refractivity contribution in [2.24, 2.45) is 5.73 Å². The number of imidazole rings is 1. The predicted molar refractivity (Wildman–Crippen MR) is 83.2 cm³/mol. The summed E-state index contributed by atoms with van der Waals surface area (Å²) in [6, 6.07) is 15.3. The minimum atomic E-state index is -0.390. The molecule has 0 aliphatic carbocycles. The maximum atomic E-state index is 11.3. The Hall–Kier alpha value is -2.33. The van der Waals surface area contributed by atoms with Crippen molar-refractivity contribution < 1.29 is 4.79 Å². The molecule has 0 bridgehead atoms. The van der Waals surface area contributed by atoms with Crippen molar-refractivity contribution in [3.63, 3.8) is 0 Å². The van der Waals surface area contributed by atoms with Crippen LogP contribution in [0, 0.1) is 0 Å². The largest absolute Gasteiger partial charge is 0.368 e. The first-order chi connectivity index (χ1) is 10.1. The zero-order chi connectivity index (χ0) is 14.8. The van der Waals surface area contributed by atoms with Gasteiger partial charge in [-0.15, -0.1) is 0 Å². The van der Waals surface area contributed by atoms with Gasteiger partial charge in [0.05, 0.1) is 11.0 Å². The molecule has 3 rings (SSSR count). The van der Waals surface area contributed by atoms with Gasteiger partial charge in [-0.05, 0) is 23.8 Å². The number of nitrogens with zero attached hydrogens (tertiary/aromatic N) is 2. The van der Waals surface area contributed by atoms with Gasteiger partial charge in [0.25, 0.3) is 0 Å². The fourth-order valence-electron chi connectivity index (χ4n) is 2.40. The number of hydrogen-bond acceptors (Lipinski definition) is 2. The molecule has 0 saturated carbocycles. The lowest BCUT2D eigenvalue weighted by molar-refractivity contribution is -0.118. The van der Waals surface area contributed by atoms with E-state index < -0.39 is 5.91 Å². The molecule has 4 nitrogen and oxygen atoms in total. The number of nitrogens with two attached hydrogens (primary N) is 1. The number of primary amides is 1. The van der Waals surface area contributed by atoms with Crippen molar-refractivity contribution in [1.82, 2.24) is 9.55 Å². The Morgan fingerprint density at radius 2 is 1.86 bits per heavy atom. The SMILES string of the molecule is NC(=O)Cn1c(Cc2ccccc2Cl)nc2ccccc21. The lowest BCUT2D eigenvalue weighted by Crippen LogP contribution is -2.20. The third-order valence-electron chi connectivity index (χ3n) is 3.35.